The fourth-order valence-corrected chi connectivity index (χ4v) is 11.0. The Hall–Kier alpha value is -8.72. The summed E-state index contributed by atoms with van der Waals surface area (Å²) in [7, 11) is 0. The minimum atomic E-state index is 1.01. The minimum Gasteiger partial charge on any atom is -0.310 e. The summed E-state index contributed by atoms with van der Waals surface area (Å²) in [6.07, 6.45) is 6.72. The molecule has 1 aliphatic rings. The zero-order valence-electron chi connectivity index (χ0n) is 37.6. The number of hydrogen-bond donors (Lipinski definition) is 0. The first-order chi connectivity index (χ1) is 33.8. The van der Waals surface area contributed by atoms with Gasteiger partial charge in [0, 0.05) is 34.1 Å². The van der Waals surface area contributed by atoms with Gasteiger partial charge in [0.2, 0.25) is 0 Å². The highest BCUT2D eigenvalue weighted by Gasteiger charge is 2.25. The zero-order valence-corrected chi connectivity index (χ0v) is 37.6. The fourth-order valence-electron chi connectivity index (χ4n) is 11.0. The van der Waals surface area contributed by atoms with Crippen LogP contribution in [-0.2, 0) is 6.42 Å². The van der Waals surface area contributed by atoms with E-state index in [4.69, 9.17) is 0 Å². The first kappa shape index (κ1) is 39.6. The molecule has 0 aliphatic heterocycles. The van der Waals surface area contributed by atoms with Gasteiger partial charge in [-0.2, -0.15) is 0 Å². The van der Waals surface area contributed by atoms with Crippen molar-refractivity contribution in [1.29, 1.82) is 0 Å². The highest BCUT2D eigenvalue weighted by Crippen LogP contribution is 2.51. The molecule has 0 saturated carbocycles. The molecule has 320 valence electrons. The second-order valence-electron chi connectivity index (χ2n) is 17.9. The number of nitrogens with zero attached hydrogens (tertiary/aromatic N) is 2. The van der Waals surface area contributed by atoms with Crippen molar-refractivity contribution in [2.24, 2.45) is 0 Å². The Morgan fingerprint density at radius 3 is 1.21 bits per heavy atom. The normalized spacial score (nSPS) is 12.2. The van der Waals surface area contributed by atoms with Crippen molar-refractivity contribution in [1.82, 2.24) is 0 Å². The maximum Gasteiger partial charge on any atom is 0.0468 e. The summed E-state index contributed by atoms with van der Waals surface area (Å²) in [6.45, 7) is 0. The molecule has 12 aromatic rings. The van der Waals surface area contributed by atoms with Gasteiger partial charge in [0.1, 0.15) is 0 Å². The van der Waals surface area contributed by atoms with Crippen LogP contribution in [-0.4, -0.2) is 0 Å². The molecule has 2 nitrogen and oxygen atoms in total. The molecule has 12 aromatic carbocycles. The van der Waals surface area contributed by atoms with Crippen LogP contribution in [0, 0.1) is 0 Å². The van der Waals surface area contributed by atoms with E-state index in [0.29, 0.717) is 0 Å². The number of anilines is 6. The van der Waals surface area contributed by atoms with Crippen molar-refractivity contribution in [3.8, 4) is 22.3 Å². The second-order valence-corrected chi connectivity index (χ2v) is 17.9. The Bertz CT molecular complexity index is 3820. The molecule has 0 amide bonds. The molecular formula is C66H46N2. The van der Waals surface area contributed by atoms with Crippen LogP contribution < -0.4 is 9.80 Å². The lowest BCUT2D eigenvalue weighted by Gasteiger charge is -2.28. The van der Waals surface area contributed by atoms with Crippen molar-refractivity contribution in [3.05, 3.63) is 260 Å². The smallest absolute Gasteiger partial charge is 0.0468 e. The summed E-state index contributed by atoms with van der Waals surface area (Å²) in [4.78, 5) is 4.79. The number of hydrogen-bond acceptors (Lipinski definition) is 2. The third kappa shape index (κ3) is 6.64. The van der Waals surface area contributed by atoms with Crippen molar-refractivity contribution in [2.75, 3.05) is 9.80 Å². The highest BCUT2D eigenvalue weighted by molar-refractivity contribution is 6.28. The highest BCUT2D eigenvalue weighted by atomic mass is 15.1. The molecule has 0 heterocycles. The maximum atomic E-state index is 2.52. The van der Waals surface area contributed by atoms with Gasteiger partial charge >= 0.3 is 0 Å². The van der Waals surface area contributed by atoms with Crippen molar-refractivity contribution < 1.29 is 0 Å². The summed E-state index contributed by atoms with van der Waals surface area (Å²) in [6, 6.07) is 89.4. The van der Waals surface area contributed by atoms with Crippen LogP contribution in [0.1, 0.15) is 17.5 Å². The number of rotatable bonds is 8. The first-order valence-corrected chi connectivity index (χ1v) is 23.7. The summed E-state index contributed by atoms with van der Waals surface area (Å²) in [5.41, 5.74) is 14.3. The van der Waals surface area contributed by atoms with E-state index in [-0.39, 0.29) is 0 Å². The Balaban J connectivity index is 1.22. The van der Waals surface area contributed by atoms with Gasteiger partial charge in [-0.3, -0.25) is 0 Å². The molecule has 0 N–H and O–H groups in total. The van der Waals surface area contributed by atoms with Gasteiger partial charge in [-0.25, -0.2) is 0 Å². The van der Waals surface area contributed by atoms with Gasteiger partial charge in [0.05, 0.1) is 0 Å². The number of allylic oxidation sites excluding steroid dienone is 1. The molecule has 0 saturated heterocycles. The van der Waals surface area contributed by atoms with Crippen LogP contribution in [0.3, 0.4) is 0 Å². The SMILES string of the molecule is C1=Cc2c(cc(-c3c4cc(N(c5ccccc5)c5ccccc5)ccc4c(-c4cc5ccccc5c5ccccc45)c4cc(N(c5ccccc5)c5ccccc5)ccc34)c3ccccc23)CC1. The Kier molecular flexibility index (Phi) is 9.68. The lowest BCUT2D eigenvalue weighted by Crippen LogP contribution is -2.10. The molecule has 0 radical (unpaired) electrons. The van der Waals surface area contributed by atoms with Crippen molar-refractivity contribution in [3.63, 3.8) is 0 Å². The van der Waals surface area contributed by atoms with E-state index in [1.165, 1.54) is 87.2 Å². The Morgan fingerprint density at radius 2 is 0.691 bits per heavy atom. The molecular weight excluding hydrogens is 821 g/mol. The molecule has 0 fully saturated rings. The van der Waals surface area contributed by atoms with Gasteiger partial charge in [-0.1, -0.05) is 170 Å². The fraction of sp³-hybridized carbons (Fsp3) is 0.0303. The quantitative estimate of drug-likeness (QED) is 0.111. The molecule has 0 bridgehead atoms. The van der Waals surface area contributed by atoms with E-state index in [0.717, 1.165) is 47.0 Å². The summed E-state index contributed by atoms with van der Waals surface area (Å²) in [5.74, 6) is 0. The lowest BCUT2D eigenvalue weighted by atomic mass is 9.81. The molecule has 0 aromatic heterocycles. The van der Waals surface area contributed by atoms with Crippen LogP contribution >= 0.6 is 0 Å². The third-order valence-electron chi connectivity index (χ3n) is 14.0. The predicted octanol–water partition coefficient (Wildman–Crippen LogP) is 18.7. The molecule has 1 aliphatic carbocycles. The van der Waals surface area contributed by atoms with E-state index in [1.54, 1.807) is 0 Å². The Labute approximate surface area is 396 Å². The first-order valence-electron chi connectivity index (χ1n) is 23.7. The molecule has 0 atom stereocenters. The molecule has 13 rings (SSSR count). The molecule has 2 heteroatoms. The van der Waals surface area contributed by atoms with Crippen LogP contribution in [0.5, 0.6) is 0 Å². The summed E-state index contributed by atoms with van der Waals surface area (Å²) >= 11 is 0. The van der Waals surface area contributed by atoms with Crippen LogP contribution in [0.4, 0.5) is 34.1 Å². The molecule has 68 heavy (non-hydrogen) atoms. The average Bonchev–Trinajstić information content (AvgIpc) is 3.41. The summed E-state index contributed by atoms with van der Waals surface area (Å²) in [5, 5.41) is 12.4. The number of aryl methyl sites for hydroxylation is 1. The third-order valence-corrected chi connectivity index (χ3v) is 14.0. The van der Waals surface area contributed by atoms with Gasteiger partial charge in [0.15, 0.2) is 0 Å². The number of benzene rings is 12. The molecule has 0 spiro atoms. The monoisotopic (exact) mass is 866 g/mol. The van der Waals surface area contributed by atoms with Gasteiger partial charge in [-0.05, 0) is 185 Å². The van der Waals surface area contributed by atoms with Gasteiger partial charge in [-0.15, -0.1) is 0 Å². The van der Waals surface area contributed by atoms with Crippen molar-refractivity contribution >= 4 is 94.1 Å². The van der Waals surface area contributed by atoms with Crippen LogP contribution in [0.25, 0.3) is 82.2 Å². The number of para-hydroxylation sites is 4. The largest absolute Gasteiger partial charge is 0.310 e. The minimum absolute atomic E-state index is 1.01. The number of fused-ring (bicyclic) bond motifs is 8. The van der Waals surface area contributed by atoms with Gasteiger partial charge in [0.25, 0.3) is 0 Å². The standard InChI is InChI=1S/C66H46N2/c1-5-23-47(24-6-1)67(48-25-7-2-8-26-48)51-37-39-59-63(43-51)65(61-41-45-21-13-15-31-53(45)55-33-17-19-35-57(55)61)60-40-38-52(68(49-27-9-3-10-28-49)50-29-11-4-12-30-50)44-64(60)66(59)62-42-46-22-14-16-32-54(46)56-34-18-20-36-58(56)62/h1-13,15-21,23-44H,14,22H2. The zero-order chi connectivity index (χ0) is 45.0. The summed E-state index contributed by atoms with van der Waals surface area (Å²) < 4.78 is 0. The van der Waals surface area contributed by atoms with E-state index in [2.05, 4.69) is 265 Å². The van der Waals surface area contributed by atoms with Gasteiger partial charge < -0.3 is 9.80 Å². The van der Waals surface area contributed by atoms with Crippen LogP contribution in [0.2, 0.25) is 0 Å². The van der Waals surface area contributed by atoms with E-state index in [1.807, 2.05) is 0 Å². The topological polar surface area (TPSA) is 6.48 Å². The lowest BCUT2D eigenvalue weighted by molar-refractivity contribution is 0.990. The average molecular weight is 867 g/mol. The predicted molar refractivity (Wildman–Crippen MR) is 292 cm³/mol. The van der Waals surface area contributed by atoms with Crippen LogP contribution in [0.15, 0.2) is 249 Å². The van der Waals surface area contributed by atoms with E-state index >= 15 is 0 Å². The van der Waals surface area contributed by atoms with E-state index in [9.17, 15) is 0 Å². The maximum absolute atomic E-state index is 2.52. The molecule has 0 unspecified atom stereocenters. The Morgan fingerprint density at radius 1 is 0.279 bits per heavy atom. The van der Waals surface area contributed by atoms with E-state index < -0.39 is 0 Å². The van der Waals surface area contributed by atoms with Crippen molar-refractivity contribution in [2.45, 2.75) is 12.8 Å². The second kappa shape index (κ2) is 16.6.